The summed E-state index contributed by atoms with van der Waals surface area (Å²) in [6, 6.07) is 51.5. The van der Waals surface area contributed by atoms with Gasteiger partial charge in [-0.1, -0.05) is 113 Å². The Morgan fingerprint density at radius 1 is 0.407 bits per heavy atom. The topological polar surface area (TPSA) is 56.7 Å². The largest absolute Gasteiger partial charge is 0.456 e. The molecular formula is C49H36N4O. The van der Waals surface area contributed by atoms with E-state index in [4.69, 9.17) is 19.4 Å². The van der Waals surface area contributed by atoms with Gasteiger partial charge in [-0.2, -0.15) is 9.97 Å². The Morgan fingerprint density at radius 2 is 0.963 bits per heavy atom. The highest BCUT2D eigenvalue weighted by molar-refractivity contribution is 6.14. The molecule has 0 radical (unpaired) electrons. The lowest BCUT2D eigenvalue weighted by molar-refractivity contribution is 0.669. The lowest BCUT2D eigenvalue weighted by Gasteiger charge is -2.14. The van der Waals surface area contributed by atoms with Crippen molar-refractivity contribution in [1.29, 1.82) is 0 Å². The fourth-order valence-corrected chi connectivity index (χ4v) is 8.14. The molecule has 0 spiro atoms. The summed E-state index contributed by atoms with van der Waals surface area (Å²) in [5.41, 5.74) is 14.8. The van der Waals surface area contributed by atoms with Gasteiger partial charge in [0.2, 0.25) is 5.95 Å². The van der Waals surface area contributed by atoms with Crippen LogP contribution in [0.2, 0.25) is 0 Å². The first-order valence-electron chi connectivity index (χ1n) is 18.3. The van der Waals surface area contributed by atoms with Crippen LogP contribution in [-0.4, -0.2) is 19.5 Å². The number of nitrogens with zero attached hydrogens (tertiary/aromatic N) is 4. The molecule has 0 fully saturated rings. The van der Waals surface area contributed by atoms with Crippen molar-refractivity contribution in [1.82, 2.24) is 19.5 Å². The highest BCUT2D eigenvalue weighted by Gasteiger charge is 2.21. The monoisotopic (exact) mass is 696 g/mol. The van der Waals surface area contributed by atoms with Gasteiger partial charge >= 0.3 is 0 Å². The Kier molecular flexibility index (Phi) is 7.31. The molecule has 54 heavy (non-hydrogen) atoms. The SMILES string of the molecule is Cc1cc(C)cc(-c2nc(-c3cc(C)cc(C)c3)nc(-n3c4ccccc4c4cccc(-c5ccc6c(c5)oc5cc(-c7ccccc7)ccc56)c43)n2)c1. The van der Waals surface area contributed by atoms with Gasteiger partial charge in [-0.15, -0.1) is 0 Å². The van der Waals surface area contributed by atoms with E-state index in [9.17, 15) is 0 Å². The number of aromatic nitrogens is 4. The molecule has 0 amide bonds. The van der Waals surface area contributed by atoms with Crippen LogP contribution in [0.25, 0.3) is 94.7 Å². The molecule has 0 bridgehead atoms. The third-order valence-corrected chi connectivity index (χ3v) is 10.4. The van der Waals surface area contributed by atoms with Crippen molar-refractivity contribution in [2.45, 2.75) is 27.7 Å². The van der Waals surface area contributed by atoms with E-state index < -0.39 is 0 Å². The molecule has 0 N–H and O–H groups in total. The van der Waals surface area contributed by atoms with Crippen LogP contribution in [0.4, 0.5) is 0 Å². The molecule has 10 aromatic rings. The van der Waals surface area contributed by atoms with Crippen molar-refractivity contribution in [3.05, 3.63) is 168 Å². The second kappa shape index (κ2) is 12.4. The molecule has 5 heteroatoms. The molecule has 3 heterocycles. The van der Waals surface area contributed by atoms with Crippen LogP contribution in [0, 0.1) is 27.7 Å². The molecule has 258 valence electrons. The van der Waals surface area contributed by atoms with Gasteiger partial charge in [-0.25, -0.2) is 4.98 Å². The molecule has 7 aromatic carbocycles. The minimum absolute atomic E-state index is 0.574. The predicted octanol–water partition coefficient (Wildman–Crippen LogP) is 12.8. The first kappa shape index (κ1) is 31.9. The van der Waals surface area contributed by atoms with E-state index in [1.165, 1.54) is 5.56 Å². The first-order chi connectivity index (χ1) is 26.4. The first-order valence-corrected chi connectivity index (χ1v) is 18.3. The van der Waals surface area contributed by atoms with Gasteiger partial charge in [0.25, 0.3) is 0 Å². The third-order valence-electron chi connectivity index (χ3n) is 10.4. The predicted molar refractivity (Wildman–Crippen MR) is 222 cm³/mol. The van der Waals surface area contributed by atoms with Gasteiger partial charge in [0.15, 0.2) is 11.6 Å². The summed E-state index contributed by atoms with van der Waals surface area (Å²) in [5, 5.41) is 4.46. The Labute approximate surface area is 313 Å². The van der Waals surface area contributed by atoms with Gasteiger partial charge < -0.3 is 4.42 Å². The molecule has 0 aliphatic heterocycles. The zero-order chi connectivity index (χ0) is 36.5. The van der Waals surface area contributed by atoms with Crippen molar-refractivity contribution in [3.63, 3.8) is 0 Å². The molecular weight excluding hydrogens is 661 g/mol. The van der Waals surface area contributed by atoms with Crippen molar-refractivity contribution < 1.29 is 4.42 Å². The number of furan rings is 1. The van der Waals surface area contributed by atoms with Crippen molar-refractivity contribution in [2.24, 2.45) is 0 Å². The minimum Gasteiger partial charge on any atom is -0.456 e. The molecule has 3 aromatic heterocycles. The van der Waals surface area contributed by atoms with Gasteiger partial charge in [-0.3, -0.25) is 4.57 Å². The minimum atomic E-state index is 0.574. The summed E-state index contributed by atoms with van der Waals surface area (Å²) >= 11 is 0. The Bertz CT molecular complexity index is 2990. The van der Waals surface area contributed by atoms with Gasteiger partial charge in [0.1, 0.15) is 11.2 Å². The lowest BCUT2D eigenvalue weighted by Crippen LogP contribution is -2.07. The smallest absolute Gasteiger partial charge is 0.238 e. The number of fused-ring (bicyclic) bond motifs is 6. The second-order valence-corrected chi connectivity index (χ2v) is 14.5. The summed E-state index contributed by atoms with van der Waals surface area (Å²) in [6.45, 7) is 8.46. The number of para-hydroxylation sites is 2. The van der Waals surface area contributed by atoms with Crippen molar-refractivity contribution >= 4 is 43.7 Å². The van der Waals surface area contributed by atoms with E-state index in [1.54, 1.807) is 0 Å². The van der Waals surface area contributed by atoms with Gasteiger partial charge in [0, 0.05) is 38.2 Å². The number of benzene rings is 7. The van der Waals surface area contributed by atoms with E-state index >= 15 is 0 Å². The highest BCUT2D eigenvalue weighted by Crippen LogP contribution is 2.40. The Balaban J connectivity index is 1.22. The molecule has 0 saturated carbocycles. The van der Waals surface area contributed by atoms with Crippen molar-refractivity contribution in [3.8, 4) is 51.0 Å². The standard InChI is InChI=1S/C49H36N4O/c1-29-21-30(2)24-36(23-29)47-50-48(37-25-31(3)22-32(4)26-37)52-49(51-47)53-43-16-9-8-13-39(43)42-15-10-14-38(46(42)53)35-18-20-41-40-19-17-34(33-11-6-5-7-12-33)27-44(40)54-45(41)28-35/h5-28H,1-4H3. The van der Waals surface area contributed by atoms with Crippen LogP contribution in [0.3, 0.4) is 0 Å². The number of rotatable bonds is 5. The Morgan fingerprint density at radius 3 is 1.61 bits per heavy atom. The molecule has 0 unspecified atom stereocenters. The van der Waals surface area contributed by atoms with Crippen LogP contribution >= 0.6 is 0 Å². The summed E-state index contributed by atoms with van der Waals surface area (Å²) in [4.78, 5) is 15.7. The molecule has 0 atom stereocenters. The van der Waals surface area contributed by atoms with Crippen molar-refractivity contribution in [2.75, 3.05) is 0 Å². The number of hydrogen-bond donors (Lipinski definition) is 0. The molecule has 0 saturated heterocycles. The average Bonchev–Trinajstić information content (AvgIpc) is 3.72. The molecule has 10 rings (SSSR count). The van der Waals surface area contributed by atoms with E-state index in [0.717, 1.165) is 93.8 Å². The lowest BCUT2D eigenvalue weighted by atomic mass is 10.00. The summed E-state index contributed by atoms with van der Waals surface area (Å²) in [6.07, 6.45) is 0. The van der Waals surface area contributed by atoms with Crippen LogP contribution in [0.15, 0.2) is 150 Å². The maximum atomic E-state index is 6.59. The fraction of sp³-hybridized carbons (Fsp3) is 0.0816. The Hall–Kier alpha value is -6.85. The highest BCUT2D eigenvalue weighted by atomic mass is 16.3. The number of hydrogen-bond acceptors (Lipinski definition) is 4. The van der Waals surface area contributed by atoms with E-state index in [-0.39, 0.29) is 0 Å². The average molecular weight is 697 g/mol. The summed E-state index contributed by atoms with van der Waals surface area (Å²) < 4.78 is 8.81. The maximum absolute atomic E-state index is 6.59. The summed E-state index contributed by atoms with van der Waals surface area (Å²) in [7, 11) is 0. The van der Waals surface area contributed by atoms with E-state index in [0.29, 0.717) is 17.6 Å². The normalized spacial score (nSPS) is 11.7. The van der Waals surface area contributed by atoms with Crippen LogP contribution in [0.5, 0.6) is 0 Å². The van der Waals surface area contributed by atoms with Gasteiger partial charge in [-0.05, 0) is 99.0 Å². The maximum Gasteiger partial charge on any atom is 0.238 e. The zero-order valence-electron chi connectivity index (χ0n) is 30.6. The molecule has 0 aliphatic carbocycles. The van der Waals surface area contributed by atoms with Crippen LogP contribution in [-0.2, 0) is 0 Å². The fourth-order valence-electron chi connectivity index (χ4n) is 8.14. The number of aryl methyl sites for hydroxylation is 4. The molecule has 5 nitrogen and oxygen atoms in total. The van der Waals surface area contributed by atoms with Gasteiger partial charge in [0.05, 0.1) is 11.0 Å². The quantitative estimate of drug-likeness (QED) is 0.180. The van der Waals surface area contributed by atoms with Crippen LogP contribution < -0.4 is 0 Å². The summed E-state index contributed by atoms with van der Waals surface area (Å²) in [5.74, 6) is 1.86. The second-order valence-electron chi connectivity index (χ2n) is 14.5. The zero-order valence-corrected chi connectivity index (χ0v) is 30.6. The third kappa shape index (κ3) is 5.36. The van der Waals surface area contributed by atoms with Crippen LogP contribution in [0.1, 0.15) is 22.3 Å². The molecule has 0 aliphatic rings. The van der Waals surface area contributed by atoms with E-state index in [1.807, 2.05) is 6.07 Å². The van der Waals surface area contributed by atoms with E-state index in [2.05, 4.69) is 172 Å².